The zero-order valence-corrected chi connectivity index (χ0v) is 17.7. The first kappa shape index (κ1) is 20.9. The summed E-state index contributed by atoms with van der Waals surface area (Å²) in [7, 11) is 2.04. The minimum Gasteiger partial charge on any atom is -0.478 e. The van der Waals surface area contributed by atoms with E-state index in [0.717, 1.165) is 28.8 Å². The van der Waals surface area contributed by atoms with Gasteiger partial charge in [0.25, 0.3) is 0 Å². The molecule has 3 aromatic rings. The molecule has 0 unspecified atom stereocenters. The first-order valence-electron chi connectivity index (χ1n) is 9.51. The van der Waals surface area contributed by atoms with E-state index in [1.807, 2.05) is 37.4 Å². The quantitative estimate of drug-likeness (QED) is 0.408. The van der Waals surface area contributed by atoms with Crippen LogP contribution in [-0.2, 0) is 12.3 Å². The van der Waals surface area contributed by atoms with Crippen LogP contribution in [0.2, 0.25) is 0 Å². The lowest BCUT2D eigenvalue weighted by Gasteiger charge is -2.20. The highest BCUT2D eigenvalue weighted by Crippen LogP contribution is 2.26. The standard InChI is InChI=1S/C23H25N3O2S/c1-16(2)20-13-21(26(3)14-17-7-5-4-6-8-17)25-23(24-20)29-15-18-9-11-19(12-10-18)22(27)28/h4-13,16H,14-15H2,1-3H3,(H,27,28). The van der Waals surface area contributed by atoms with Crippen molar-refractivity contribution >= 4 is 23.5 Å². The molecule has 0 radical (unpaired) electrons. The predicted octanol–water partition coefficient (Wildman–Crippen LogP) is 5.23. The van der Waals surface area contributed by atoms with Crippen LogP contribution in [0, 0.1) is 0 Å². The molecule has 5 nitrogen and oxygen atoms in total. The molecule has 0 saturated heterocycles. The molecule has 0 aliphatic carbocycles. The molecular formula is C23H25N3O2S. The van der Waals surface area contributed by atoms with Gasteiger partial charge in [0, 0.05) is 31.1 Å². The molecule has 0 aliphatic heterocycles. The minimum absolute atomic E-state index is 0.293. The Balaban J connectivity index is 1.76. The molecule has 29 heavy (non-hydrogen) atoms. The van der Waals surface area contributed by atoms with E-state index in [0.29, 0.717) is 17.2 Å². The topological polar surface area (TPSA) is 66.3 Å². The lowest BCUT2D eigenvalue weighted by Crippen LogP contribution is -2.18. The molecule has 0 bridgehead atoms. The lowest BCUT2D eigenvalue weighted by molar-refractivity contribution is 0.0697. The van der Waals surface area contributed by atoms with Crippen LogP contribution in [0.15, 0.2) is 65.8 Å². The van der Waals surface area contributed by atoms with Crippen molar-refractivity contribution in [2.45, 2.75) is 37.2 Å². The number of aromatic carboxylic acids is 1. The van der Waals surface area contributed by atoms with Crippen LogP contribution in [0.25, 0.3) is 0 Å². The number of hydrogen-bond donors (Lipinski definition) is 1. The number of rotatable bonds is 8. The second-order valence-electron chi connectivity index (χ2n) is 7.22. The highest BCUT2D eigenvalue weighted by atomic mass is 32.2. The van der Waals surface area contributed by atoms with Gasteiger partial charge in [-0.1, -0.05) is 68.1 Å². The normalized spacial score (nSPS) is 10.9. The molecule has 1 N–H and O–H groups in total. The smallest absolute Gasteiger partial charge is 0.335 e. The molecule has 0 amide bonds. The summed E-state index contributed by atoms with van der Waals surface area (Å²) < 4.78 is 0. The Morgan fingerprint density at radius 2 is 1.72 bits per heavy atom. The molecule has 0 spiro atoms. The highest BCUT2D eigenvalue weighted by Gasteiger charge is 2.12. The number of anilines is 1. The molecular weight excluding hydrogens is 382 g/mol. The van der Waals surface area contributed by atoms with E-state index in [-0.39, 0.29) is 0 Å². The average Bonchev–Trinajstić information content (AvgIpc) is 2.73. The molecule has 0 fully saturated rings. The van der Waals surface area contributed by atoms with Gasteiger partial charge in [-0.15, -0.1) is 0 Å². The van der Waals surface area contributed by atoms with Crippen molar-refractivity contribution in [2.24, 2.45) is 0 Å². The zero-order valence-electron chi connectivity index (χ0n) is 16.9. The molecule has 0 atom stereocenters. The van der Waals surface area contributed by atoms with Crippen LogP contribution in [-0.4, -0.2) is 28.1 Å². The van der Waals surface area contributed by atoms with Crippen LogP contribution < -0.4 is 4.90 Å². The molecule has 3 rings (SSSR count). The molecule has 2 aromatic carbocycles. The van der Waals surface area contributed by atoms with Gasteiger partial charge in [0.15, 0.2) is 5.16 Å². The van der Waals surface area contributed by atoms with Gasteiger partial charge in [-0.25, -0.2) is 14.8 Å². The SMILES string of the molecule is CC(C)c1cc(N(C)Cc2ccccc2)nc(SCc2ccc(C(=O)O)cc2)n1. The Kier molecular flexibility index (Phi) is 6.88. The van der Waals surface area contributed by atoms with Crippen molar-refractivity contribution in [1.82, 2.24) is 9.97 Å². The lowest BCUT2D eigenvalue weighted by atomic mass is 10.1. The second kappa shape index (κ2) is 9.56. The van der Waals surface area contributed by atoms with Crippen molar-refractivity contribution in [3.8, 4) is 0 Å². The van der Waals surface area contributed by atoms with Crippen molar-refractivity contribution < 1.29 is 9.90 Å². The van der Waals surface area contributed by atoms with Gasteiger partial charge >= 0.3 is 5.97 Å². The summed E-state index contributed by atoms with van der Waals surface area (Å²) in [6, 6.07) is 19.3. The third-order valence-electron chi connectivity index (χ3n) is 4.53. The number of aromatic nitrogens is 2. The van der Waals surface area contributed by atoms with Crippen molar-refractivity contribution in [3.05, 3.63) is 83.0 Å². The molecule has 6 heteroatoms. The zero-order chi connectivity index (χ0) is 20.8. The fourth-order valence-electron chi connectivity index (χ4n) is 2.82. The molecule has 1 heterocycles. The van der Waals surface area contributed by atoms with Crippen molar-refractivity contribution in [3.63, 3.8) is 0 Å². The van der Waals surface area contributed by atoms with E-state index in [1.165, 1.54) is 5.56 Å². The summed E-state index contributed by atoms with van der Waals surface area (Å²) in [4.78, 5) is 22.6. The summed E-state index contributed by atoms with van der Waals surface area (Å²) >= 11 is 1.56. The van der Waals surface area contributed by atoms with E-state index in [1.54, 1.807) is 23.9 Å². The number of nitrogens with zero attached hydrogens (tertiary/aromatic N) is 3. The largest absolute Gasteiger partial charge is 0.478 e. The third-order valence-corrected chi connectivity index (χ3v) is 5.44. The molecule has 0 aliphatic rings. The maximum atomic E-state index is 11.0. The van der Waals surface area contributed by atoms with Gasteiger partial charge in [0.05, 0.1) is 5.56 Å². The van der Waals surface area contributed by atoms with Gasteiger partial charge in [-0.05, 0) is 29.2 Å². The summed E-state index contributed by atoms with van der Waals surface area (Å²) in [5.41, 5.74) is 3.57. The van der Waals surface area contributed by atoms with Crippen molar-refractivity contribution in [2.75, 3.05) is 11.9 Å². The number of hydrogen-bond acceptors (Lipinski definition) is 5. The molecule has 0 saturated carbocycles. The van der Waals surface area contributed by atoms with E-state index in [2.05, 4.69) is 36.9 Å². The van der Waals surface area contributed by atoms with Crippen LogP contribution in [0.5, 0.6) is 0 Å². The minimum atomic E-state index is -0.914. The van der Waals surface area contributed by atoms with Gasteiger partial charge in [0.1, 0.15) is 5.82 Å². The average molecular weight is 408 g/mol. The first-order valence-corrected chi connectivity index (χ1v) is 10.5. The number of benzene rings is 2. The van der Waals surface area contributed by atoms with E-state index in [9.17, 15) is 4.79 Å². The van der Waals surface area contributed by atoms with Crippen LogP contribution >= 0.6 is 11.8 Å². The number of carboxylic acid groups (broad SMARTS) is 1. The van der Waals surface area contributed by atoms with Crippen molar-refractivity contribution in [1.29, 1.82) is 0 Å². The Hall–Kier alpha value is -2.86. The summed E-state index contributed by atoms with van der Waals surface area (Å²) in [5.74, 6) is 0.971. The summed E-state index contributed by atoms with van der Waals surface area (Å²) in [6.45, 7) is 5.03. The monoisotopic (exact) mass is 407 g/mol. The van der Waals surface area contributed by atoms with Crippen LogP contribution in [0.1, 0.15) is 46.9 Å². The Morgan fingerprint density at radius 3 is 2.34 bits per heavy atom. The van der Waals surface area contributed by atoms with Gasteiger partial charge in [-0.3, -0.25) is 0 Å². The highest BCUT2D eigenvalue weighted by molar-refractivity contribution is 7.98. The maximum Gasteiger partial charge on any atom is 0.335 e. The van der Waals surface area contributed by atoms with E-state index < -0.39 is 5.97 Å². The fraction of sp³-hybridized carbons (Fsp3) is 0.261. The van der Waals surface area contributed by atoms with Crippen LogP contribution in [0.3, 0.4) is 0 Å². The predicted molar refractivity (Wildman–Crippen MR) is 118 cm³/mol. The fourth-order valence-corrected chi connectivity index (χ4v) is 3.63. The third kappa shape index (κ3) is 5.81. The number of carbonyl (C=O) groups is 1. The molecule has 150 valence electrons. The Labute approximate surface area is 175 Å². The van der Waals surface area contributed by atoms with Gasteiger partial charge in [-0.2, -0.15) is 0 Å². The van der Waals surface area contributed by atoms with Gasteiger partial charge in [0.2, 0.25) is 0 Å². The summed E-state index contributed by atoms with van der Waals surface area (Å²) in [5, 5.41) is 9.75. The maximum absolute atomic E-state index is 11.0. The second-order valence-corrected chi connectivity index (χ2v) is 8.16. The molecule has 1 aromatic heterocycles. The number of carboxylic acids is 1. The Bertz CT molecular complexity index is 960. The first-order chi connectivity index (χ1) is 13.9. The van der Waals surface area contributed by atoms with E-state index >= 15 is 0 Å². The Morgan fingerprint density at radius 1 is 1.03 bits per heavy atom. The van der Waals surface area contributed by atoms with Crippen LogP contribution in [0.4, 0.5) is 5.82 Å². The summed E-state index contributed by atoms with van der Waals surface area (Å²) in [6.07, 6.45) is 0. The number of thioether (sulfide) groups is 1. The van der Waals surface area contributed by atoms with Gasteiger partial charge < -0.3 is 10.0 Å². The van der Waals surface area contributed by atoms with E-state index in [4.69, 9.17) is 15.1 Å².